The number of amides is 1. The van der Waals surface area contributed by atoms with Gasteiger partial charge in [-0.3, -0.25) is 9.59 Å². The van der Waals surface area contributed by atoms with Crippen molar-refractivity contribution in [3.05, 3.63) is 102 Å². The van der Waals surface area contributed by atoms with Gasteiger partial charge in [-0.1, -0.05) is 60.7 Å². The number of nitrogens with zero attached hydrogens (tertiary/aromatic N) is 1. The summed E-state index contributed by atoms with van der Waals surface area (Å²) in [4.78, 5) is 30.6. The Labute approximate surface area is 269 Å². The molecule has 1 amide bonds. The van der Waals surface area contributed by atoms with Crippen LogP contribution in [0.2, 0.25) is 0 Å². The monoisotopic (exact) mass is 644 g/mol. The van der Waals surface area contributed by atoms with E-state index < -0.39 is 28.1 Å². The van der Waals surface area contributed by atoms with Crippen molar-refractivity contribution in [2.24, 2.45) is 11.7 Å². The van der Waals surface area contributed by atoms with Gasteiger partial charge < -0.3 is 20.5 Å². The van der Waals surface area contributed by atoms with Crippen molar-refractivity contribution in [2.45, 2.75) is 62.0 Å². The summed E-state index contributed by atoms with van der Waals surface area (Å²) in [5.74, 6) is -0.504. The van der Waals surface area contributed by atoms with Crippen LogP contribution in [0.3, 0.4) is 0 Å². The summed E-state index contributed by atoms with van der Waals surface area (Å²) in [7, 11) is -3.78. The highest BCUT2D eigenvalue weighted by atomic mass is 32.2. The summed E-state index contributed by atoms with van der Waals surface area (Å²) in [5.41, 5.74) is 8.50. The van der Waals surface area contributed by atoms with E-state index in [9.17, 15) is 18.0 Å². The van der Waals surface area contributed by atoms with Crippen LogP contribution in [-0.4, -0.2) is 50.6 Å². The van der Waals surface area contributed by atoms with E-state index in [-0.39, 0.29) is 29.4 Å². The van der Waals surface area contributed by atoms with Gasteiger partial charge in [-0.05, 0) is 74.4 Å². The molecule has 4 aromatic rings. The summed E-state index contributed by atoms with van der Waals surface area (Å²) in [6.07, 6.45) is 2.42. The van der Waals surface area contributed by atoms with Crippen LogP contribution in [0.1, 0.15) is 49.8 Å². The molecule has 0 radical (unpaired) electrons. The van der Waals surface area contributed by atoms with Crippen molar-refractivity contribution in [3.8, 4) is 5.88 Å². The molecule has 1 aromatic heterocycles. The maximum absolute atomic E-state index is 13.4. The van der Waals surface area contributed by atoms with E-state index in [1.165, 1.54) is 6.07 Å². The zero-order valence-electron chi connectivity index (χ0n) is 25.8. The molecule has 0 unspecified atom stereocenters. The van der Waals surface area contributed by atoms with Gasteiger partial charge in [0.2, 0.25) is 21.8 Å². The maximum Gasteiger partial charge on any atom is 0.323 e. The van der Waals surface area contributed by atoms with Gasteiger partial charge in [0.15, 0.2) is 0 Å². The Morgan fingerprint density at radius 1 is 0.935 bits per heavy atom. The summed E-state index contributed by atoms with van der Waals surface area (Å²) in [5, 5.41) is 3.75. The first kappa shape index (κ1) is 33.1. The van der Waals surface area contributed by atoms with E-state index in [1.807, 2.05) is 67.6 Å². The molecule has 1 saturated carbocycles. The molecule has 5 rings (SSSR count). The lowest BCUT2D eigenvalue weighted by Crippen LogP contribution is -2.42. The van der Waals surface area contributed by atoms with Gasteiger partial charge in [-0.25, -0.2) is 18.1 Å². The molecule has 0 bridgehead atoms. The summed E-state index contributed by atoms with van der Waals surface area (Å²) in [6, 6.07) is 25.5. The summed E-state index contributed by atoms with van der Waals surface area (Å²) < 4.78 is 40.3. The maximum atomic E-state index is 13.4. The van der Waals surface area contributed by atoms with Gasteiger partial charge >= 0.3 is 5.97 Å². The highest BCUT2D eigenvalue weighted by Crippen LogP contribution is 2.28. The van der Waals surface area contributed by atoms with Crippen molar-refractivity contribution < 1.29 is 27.5 Å². The SMILES string of the molecule is CCOc1ccc2cc(S(=O)(=O)NC3CCC(C(=O)N[C@H](COC(=O)[C@@H](N)Cc4ccccc4)c4ccccc4)CC3)ccc2n1. The van der Waals surface area contributed by atoms with Gasteiger partial charge in [0.1, 0.15) is 12.6 Å². The summed E-state index contributed by atoms with van der Waals surface area (Å²) in [6.45, 7) is 2.31. The molecular formula is C35H40N4O6S. The third-order valence-corrected chi connectivity index (χ3v) is 9.69. The molecule has 3 aromatic carbocycles. The number of aromatic nitrogens is 1. The second-order valence-electron chi connectivity index (χ2n) is 11.5. The van der Waals surface area contributed by atoms with Crippen molar-refractivity contribution >= 4 is 32.8 Å². The van der Waals surface area contributed by atoms with Crippen molar-refractivity contribution in [1.82, 2.24) is 15.0 Å². The fourth-order valence-electron chi connectivity index (χ4n) is 5.66. The Morgan fingerprint density at radius 3 is 2.33 bits per heavy atom. The lowest BCUT2D eigenvalue weighted by atomic mass is 9.85. The molecule has 46 heavy (non-hydrogen) atoms. The predicted molar refractivity (Wildman–Crippen MR) is 175 cm³/mol. The minimum absolute atomic E-state index is 0.0551. The van der Waals surface area contributed by atoms with Gasteiger partial charge in [0, 0.05) is 23.4 Å². The number of benzene rings is 3. The molecule has 10 nitrogen and oxygen atoms in total. The molecule has 242 valence electrons. The number of sulfonamides is 1. The Hall–Kier alpha value is -4.32. The molecular weight excluding hydrogens is 604 g/mol. The zero-order valence-corrected chi connectivity index (χ0v) is 26.6. The highest BCUT2D eigenvalue weighted by molar-refractivity contribution is 7.89. The quantitative estimate of drug-likeness (QED) is 0.181. The lowest BCUT2D eigenvalue weighted by Gasteiger charge is -2.30. The molecule has 4 N–H and O–H groups in total. The second-order valence-corrected chi connectivity index (χ2v) is 13.2. The number of carbonyl (C=O) groups is 2. The van der Waals surface area contributed by atoms with Crippen LogP contribution in [0.4, 0.5) is 0 Å². The van der Waals surface area contributed by atoms with Gasteiger partial charge in [0.05, 0.1) is 23.1 Å². The minimum Gasteiger partial charge on any atom is -0.478 e. The van der Waals surface area contributed by atoms with Crippen molar-refractivity contribution in [3.63, 3.8) is 0 Å². The molecule has 1 fully saturated rings. The van der Waals surface area contributed by atoms with Crippen LogP contribution in [0.15, 0.2) is 95.9 Å². The van der Waals surface area contributed by atoms with Crippen molar-refractivity contribution in [2.75, 3.05) is 13.2 Å². The Morgan fingerprint density at radius 2 is 1.63 bits per heavy atom. The van der Waals surface area contributed by atoms with Crippen LogP contribution in [-0.2, 0) is 30.8 Å². The Kier molecular flexibility index (Phi) is 11.0. The molecule has 0 spiro atoms. The third kappa shape index (κ3) is 8.68. The normalized spacial score (nSPS) is 18.0. The van der Waals surface area contributed by atoms with Crippen LogP contribution in [0, 0.1) is 5.92 Å². The van der Waals surface area contributed by atoms with Crippen LogP contribution < -0.4 is 20.5 Å². The van der Waals surface area contributed by atoms with Crippen LogP contribution >= 0.6 is 0 Å². The third-order valence-electron chi connectivity index (χ3n) is 8.17. The van der Waals surface area contributed by atoms with E-state index in [0.29, 0.717) is 55.5 Å². The smallest absolute Gasteiger partial charge is 0.323 e. The fourth-order valence-corrected chi connectivity index (χ4v) is 7.00. The first-order valence-electron chi connectivity index (χ1n) is 15.6. The number of hydrogen-bond acceptors (Lipinski definition) is 8. The van der Waals surface area contributed by atoms with Crippen molar-refractivity contribution in [1.29, 1.82) is 0 Å². The molecule has 1 heterocycles. The highest BCUT2D eigenvalue weighted by Gasteiger charge is 2.31. The summed E-state index contributed by atoms with van der Waals surface area (Å²) >= 11 is 0. The van der Waals surface area contributed by atoms with Crippen LogP contribution in [0.25, 0.3) is 10.9 Å². The van der Waals surface area contributed by atoms with Gasteiger partial charge in [-0.2, -0.15) is 0 Å². The van der Waals surface area contributed by atoms with Gasteiger partial charge in [0.25, 0.3) is 0 Å². The fraction of sp³-hybridized carbons (Fsp3) is 0.343. The first-order chi connectivity index (χ1) is 22.2. The largest absolute Gasteiger partial charge is 0.478 e. The topological polar surface area (TPSA) is 150 Å². The van der Waals surface area contributed by atoms with Crippen LogP contribution in [0.5, 0.6) is 5.88 Å². The molecule has 1 aliphatic carbocycles. The molecule has 11 heteroatoms. The van der Waals surface area contributed by atoms with Gasteiger partial charge in [-0.15, -0.1) is 0 Å². The number of nitrogens with one attached hydrogen (secondary N) is 2. The Bertz CT molecular complexity index is 1730. The van der Waals surface area contributed by atoms with E-state index in [2.05, 4.69) is 15.0 Å². The lowest BCUT2D eigenvalue weighted by molar-refractivity contribution is -0.146. The Balaban J connectivity index is 1.15. The predicted octanol–water partition coefficient (Wildman–Crippen LogP) is 4.44. The number of carbonyl (C=O) groups excluding carboxylic acids is 2. The standard InChI is InChI=1S/C35H40N4O6S/c1-2-44-33-20-15-27-22-29(18-19-31(27)37-33)46(42,43)39-28-16-13-26(14-17-28)34(40)38-32(25-11-7-4-8-12-25)23-45-35(41)30(36)21-24-9-5-3-6-10-24/h3-12,15,18-20,22,26,28,30,32,39H,2,13-14,16-17,21,23,36H2,1H3,(H,38,40)/t26?,28?,30-,32+/m0/s1. The number of fused-ring (bicyclic) bond motifs is 1. The molecule has 2 atom stereocenters. The number of hydrogen-bond donors (Lipinski definition) is 3. The van der Waals surface area contributed by atoms with E-state index in [4.69, 9.17) is 15.2 Å². The molecule has 1 aliphatic rings. The first-order valence-corrected chi connectivity index (χ1v) is 17.1. The molecule has 0 aliphatic heterocycles. The average Bonchev–Trinajstić information content (AvgIpc) is 3.07. The average molecular weight is 645 g/mol. The number of pyridine rings is 1. The number of rotatable bonds is 13. The molecule has 0 saturated heterocycles. The van der Waals surface area contributed by atoms with E-state index >= 15 is 0 Å². The number of ether oxygens (including phenoxy) is 2. The second kappa shape index (κ2) is 15.3. The minimum atomic E-state index is -3.78. The van der Waals surface area contributed by atoms with E-state index in [1.54, 1.807) is 24.3 Å². The zero-order chi connectivity index (χ0) is 32.5. The van der Waals surface area contributed by atoms with E-state index in [0.717, 1.165) is 11.1 Å². The number of nitrogens with two attached hydrogens (primary N) is 1. The number of esters is 1.